The van der Waals surface area contributed by atoms with Crippen molar-refractivity contribution in [3.8, 4) is 18.2 Å². The number of benzene rings is 3. The summed E-state index contributed by atoms with van der Waals surface area (Å²) in [7, 11) is 0. The number of fused-ring (bicyclic) bond motifs is 2. The molecule has 5 rings (SSSR count). The van der Waals surface area contributed by atoms with Gasteiger partial charge in [0.2, 0.25) is 5.91 Å². The monoisotopic (exact) mass is 576 g/mol. The van der Waals surface area contributed by atoms with E-state index in [1.165, 1.54) is 6.08 Å². The summed E-state index contributed by atoms with van der Waals surface area (Å²) in [6.45, 7) is 1.94. The molecular weight excluding hydrogens is 556 g/mol. The van der Waals surface area contributed by atoms with Crippen LogP contribution in [0.15, 0.2) is 88.9 Å². The molecule has 7 nitrogen and oxygen atoms in total. The first-order chi connectivity index (χ1) is 18.9. The first kappa shape index (κ1) is 25.9. The van der Waals surface area contributed by atoms with Gasteiger partial charge in [-0.15, -0.1) is 0 Å². The molecule has 0 fully saturated rings. The van der Waals surface area contributed by atoms with Gasteiger partial charge in [0.15, 0.2) is 5.41 Å². The van der Waals surface area contributed by atoms with Crippen LogP contribution in [0.1, 0.15) is 35.1 Å². The van der Waals surface area contributed by atoms with Gasteiger partial charge in [0, 0.05) is 21.7 Å². The van der Waals surface area contributed by atoms with Crippen molar-refractivity contribution >= 4 is 33.5 Å². The predicted octanol–water partition coefficient (Wildman–Crippen LogP) is 5.43. The smallest absolute Gasteiger partial charge is 0.334 e. The molecule has 0 unspecified atom stereocenters. The molecule has 39 heavy (non-hydrogen) atoms. The van der Waals surface area contributed by atoms with Crippen LogP contribution < -0.4 is 4.90 Å². The molecular formula is C31H21BrN4O3. The lowest BCUT2D eigenvalue weighted by atomic mass is 9.57. The summed E-state index contributed by atoms with van der Waals surface area (Å²) in [5, 5.41) is 30.6. The third kappa shape index (κ3) is 3.75. The van der Waals surface area contributed by atoms with Crippen LogP contribution in [0.25, 0.3) is 0 Å². The van der Waals surface area contributed by atoms with E-state index in [-0.39, 0.29) is 18.7 Å². The van der Waals surface area contributed by atoms with Crippen molar-refractivity contribution in [1.82, 2.24) is 0 Å². The number of esters is 1. The van der Waals surface area contributed by atoms with Gasteiger partial charge < -0.3 is 9.64 Å². The van der Waals surface area contributed by atoms with Gasteiger partial charge in [-0.1, -0.05) is 64.5 Å². The minimum atomic E-state index is -2.02. The van der Waals surface area contributed by atoms with Crippen molar-refractivity contribution in [2.24, 2.45) is 5.41 Å². The Labute approximate surface area is 234 Å². The summed E-state index contributed by atoms with van der Waals surface area (Å²) in [6, 6.07) is 27.5. The van der Waals surface area contributed by atoms with E-state index in [1.54, 1.807) is 54.3 Å². The Hall–Kier alpha value is -4.71. The van der Waals surface area contributed by atoms with E-state index in [0.717, 1.165) is 10.0 Å². The third-order valence-electron chi connectivity index (χ3n) is 7.42. The van der Waals surface area contributed by atoms with Crippen LogP contribution in [0.3, 0.4) is 0 Å². The molecule has 2 atom stereocenters. The van der Waals surface area contributed by atoms with Crippen LogP contribution in [0.5, 0.6) is 0 Å². The summed E-state index contributed by atoms with van der Waals surface area (Å²) < 4.78 is 6.08. The number of carbonyl (C=O) groups is 2. The third-order valence-corrected chi connectivity index (χ3v) is 7.91. The molecule has 1 amide bonds. The number of allylic oxidation sites excluding steroid dienone is 1. The number of carbonyl (C=O) groups excluding carboxylic acids is 2. The zero-order valence-electron chi connectivity index (χ0n) is 20.9. The highest BCUT2D eigenvalue weighted by molar-refractivity contribution is 9.10. The number of ether oxygens (including phenoxy) is 1. The Kier molecular flexibility index (Phi) is 6.56. The summed E-state index contributed by atoms with van der Waals surface area (Å²) >= 11 is 3.50. The van der Waals surface area contributed by atoms with Crippen LogP contribution >= 0.6 is 15.9 Å². The number of halogens is 1. The molecule has 0 radical (unpaired) electrons. The van der Waals surface area contributed by atoms with Crippen molar-refractivity contribution in [1.29, 1.82) is 15.8 Å². The zero-order chi connectivity index (χ0) is 27.8. The van der Waals surface area contributed by atoms with Gasteiger partial charge in [-0.2, -0.15) is 15.8 Å². The maximum Gasteiger partial charge on any atom is 0.334 e. The van der Waals surface area contributed by atoms with E-state index in [1.807, 2.05) is 30.3 Å². The van der Waals surface area contributed by atoms with Crippen LogP contribution in [0.4, 0.5) is 5.69 Å². The van der Waals surface area contributed by atoms with Gasteiger partial charge in [0.1, 0.15) is 5.41 Å². The normalized spacial score (nSPS) is 20.5. The highest BCUT2D eigenvalue weighted by Gasteiger charge is 2.72. The van der Waals surface area contributed by atoms with E-state index in [9.17, 15) is 25.4 Å². The average molecular weight is 577 g/mol. The number of anilines is 1. The Morgan fingerprint density at radius 3 is 2.33 bits per heavy atom. The van der Waals surface area contributed by atoms with Gasteiger partial charge in [0.05, 0.1) is 36.9 Å². The Bertz CT molecular complexity index is 1630. The second-order valence-corrected chi connectivity index (χ2v) is 10.3. The maximum atomic E-state index is 14.8. The minimum Gasteiger partial charge on any atom is -0.463 e. The molecule has 1 aliphatic heterocycles. The second-order valence-electron chi connectivity index (χ2n) is 9.36. The van der Waals surface area contributed by atoms with E-state index in [4.69, 9.17) is 4.74 Å². The van der Waals surface area contributed by atoms with Gasteiger partial charge >= 0.3 is 5.97 Å². The molecule has 0 saturated carbocycles. The highest BCUT2D eigenvalue weighted by atomic mass is 79.9. The maximum absolute atomic E-state index is 14.8. The van der Waals surface area contributed by atoms with Crippen molar-refractivity contribution in [3.63, 3.8) is 0 Å². The van der Waals surface area contributed by atoms with E-state index >= 15 is 0 Å². The highest BCUT2D eigenvalue weighted by Crippen LogP contribution is 2.65. The largest absolute Gasteiger partial charge is 0.463 e. The SMILES string of the molecule is CCOC(=O)C1=CC(C#N)(C#N)[C@@]2(C(=O)N(Cc3ccccc3)c3cc(Br)ccc32)[C@H]1c1ccc(C#N)cc1. The molecule has 190 valence electrons. The van der Waals surface area contributed by atoms with E-state index < -0.39 is 28.6 Å². The molecule has 3 aromatic carbocycles. The lowest BCUT2D eigenvalue weighted by Gasteiger charge is -2.38. The summed E-state index contributed by atoms with van der Waals surface area (Å²) in [4.78, 5) is 29.8. The fourth-order valence-corrected chi connectivity index (χ4v) is 6.16. The fourth-order valence-electron chi connectivity index (χ4n) is 5.81. The number of amides is 1. The van der Waals surface area contributed by atoms with E-state index in [2.05, 4.69) is 34.1 Å². The number of rotatable bonds is 5. The van der Waals surface area contributed by atoms with Crippen LogP contribution in [-0.4, -0.2) is 18.5 Å². The topological polar surface area (TPSA) is 118 Å². The first-order valence-electron chi connectivity index (χ1n) is 12.2. The summed E-state index contributed by atoms with van der Waals surface area (Å²) in [5.41, 5.74) is -0.939. The molecule has 1 spiro atoms. The molecule has 0 saturated heterocycles. The predicted molar refractivity (Wildman–Crippen MR) is 146 cm³/mol. The Morgan fingerprint density at radius 1 is 1.03 bits per heavy atom. The average Bonchev–Trinajstić information content (AvgIpc) is 3.40. The van der Waals surface area contributed by atoms with Gasteiger partial charge in [0.25, 0.3) is 0 Å². The summed E-state index contributed by atoms with van der Waals surface area (Å²) in [5.74, 6) is -2.18. The summed E-state index contributed by atoms with van der Waals surface area (Å²) in [6.07, 6.45) is 1.31. The molecule has 1 aliphatic carbocycles. The van der Waals surface area contributed by atoms with Gasteiger partial charge in [-0.05, 0) is 54.0 Å². The first-order valence-corrected chi connectivity index (χ1v) is 13.0. The van der Waals surface area contributed by atoms with Crippen molar-refractivity contribution in [2.45, 2.75) is 24.8 Å². The van der Waals surface area contributed by atoms with Crippen LogP contribution in [0.2, 0.25) is 0 Å². The van der Waals surface area contributed by atoms with Crippen LogP contribution in [-0.2, 0) is 26.3 Å². The molecule has 8 heteroatoms. The molecule has 1 heterocycles. The quantitative estimate of drug-likeness (QED) is 0.374. The van der Waals surface area contributed by atoms with Gasteiger partial charge in [-0.3, -0.25) is 4.79 Å². The lowest BCUT2D eigenvalue weighted by molar-refractivity contribution is -0.139. The lowest BCUT2D eigenvalue weighted by Crippen LogP contribution is -2.52. The standard InChI is InChI=1S/C31H21BrN4O3/c1-2-39-28(37)24-15-30(18-34,19-35)31(27(24)22-10-8-20(16-33)9-11-22)25-13-12-23(32)14-26(25)36(29(31)38)17-21-6-4-3-5-7-21/h3-15,27H,2,17H2,1H3/t27-,31+/m0/s1. The molecule has 3 aromatic rings. The zero-order valence-corrected chi connectivity index (χ0v) is 22.5. The van der Waals surface area contributed by atoms with Crippen molar-refractivity contribution in [2.75, 3.05) is 11.5 Å². The number of nitrogens with zero attached hydrogens (tertiary/aromatic N) is 4. The minimum absolute atomic E-state index is 0.0634. The fraction of sp³-hybridized carbons (Fsp3) is 0.194. The van der Waals surface area contributed by atoms with Gasteiger partial charge in [-0.25, -0.2) is 4.79 Å². The Morgan fingerprint density at radius 2 is 1.72 bits per heavy atom. The molecule has 2 aliphatic rings. The van der Waals surface area contributed by atoms with Crippen molar-refractivity contribution < 1.29 is 14.3 Å². The number of hydrogen-bond acceptors (Lipinski definition) is 6. The van der Waals surface area contributed by atoms with Crippen LogP contribution in [0, 0.1) is 39.4 Å². The molecule has 0 aromatic heterocycles. The Balaban J connectivity index is 1.84. The number of nitriles is 3. The molecule has 0 bridgehead atoms. The van der Waals surface area contributed by atoms with Crippen molar-refractivity contribution in [3.05, 3.63) is 111 Å². The molecule has 0 N–H and O–H groups in total. The number of hydrogen-bond donors (Lipinski definition) is 0. The second kappa shape index (κ2) is 9.87. The van der Waals surface area contributed by atoms with E-state index in [0.29, 0.717) is 22.4 Å².